The average molecular weight is 697 g/mol. The smallest absolute Gasteiger partial charge is 0.426 e. The molecule has 0 aliphatic rings. The van der Waals surface area contributed by atoms with Crippen molar-refractivity contribution in [2.45, 2.75) is 80.2 Å². The van der Waals surface area contributed by atoms with Crippen molar-refractivity contribution in [2.24, 2.45) is 11.3 Å². The SMILES string of the molecule is [2H][2H].[2H][2H].[2H][2H].[2H]c1nc(C)c(C)nc1C(=O)N[C@@H](Cc1cccc(C)c1C)C(=O)N[C@H](B(O)O)C(C)(C)C(C)CC.[HH].[HH].[HH].[HH].[HH].[HH].[HH].[HH].[HH].[HH].[HH].[HH].[HH].[HH].[HH].[HH].[HH].[HH].[HH].[HH].[HH].[HH].[HH].[HH].[HH].[HH].[HH].[HH].[HH].[HH].[HH].[HH].[HH].[HH].[HH].[HH].[HH].[HH].[HH].[HH].[HH].[HH].[HH].[HH].[HH].[HH].[HH].[HH].[HH].[HH].[HH].[HH].[HH].[HH].[HH].[HH].[HH].[HH].[HH].[HH].[HH].[HH].[HH].[HH].[HH].[HH].[HH].[HH].[HH].[HH].[HH].[HH].[HH].[HH].[HH].[HH].[HH].[HH].[HH].[HH].[HH].[HH].[HH].[HH].[HH].[HH].[HH].[HH].[HH].[HH].[HH].[HH].[HH].[HH].[HH].[HH].[HH].[HH].[HH].[HH]. The van der Waals surface area contributed by atoms with Crippen molar-refractivity contribution in [3.8, 4) is 0 Å². The van der Waals surface area contributed by atoms with Crippen molar-refractivity contribution in [2.75, 3.05) is 0 Å². The van der Waals surface area contributed by atoms with Gasteiger partial charge in [0.2, 0.25) is 5.91 Å². The van der Waals surface area contributed by atoms with Crippen LogP contribution in [0, 0.1) is 39.0 Å². The number of nitrogens with zero attached hydrogens (tertiary/aromatic N) is 2. The van der Waals surface area contributed by atoms with E-state index in [-0.39, 0.29) is 167 Å². The lowest BCUT2D eigenvalue weighted by molar-refractivity contribution is -0.124. The summed E-state index contributed by atoms with van der Waals surface area (Å²) >= 11 is 0. The van der Waals surface area contributed by atoms with Crippen LogP contribution in [0.5, 0.6) is 0 Å². The molecule has 0 fully saturated rings. The van der Waals surface area contributed by atoms with Crippen LogP contribution in [0.2, 0.25) is 0 Å². The minimum absolute atomic E-state index is 0. The van der Waals surface area contributed by atoms with Gasteiger partial charge >= 0.3 is 7.12 Å². The normalized spacial score (nSPS) is 15.2. The Hall–Kier alpha value is -2.78. The van der Waals surface area contributed by atoms with E-state index in [1.54, 1.807) is 13.8 Å². The Bertz CT molecular complexity index is 1220. The molecule has 8 nitrogen and oxygen atoms in total. The first-order valence-electron chi connectivity index (χ1n) is 15.5. The molecule has 2 amide bonds. The van der Waals surface area contributed by atoms with Crippen molar-refractivity contribution in [1.29, 1.82) is 0 Å². The third-order valence-corrected chi connectivity index (χ3v) is 7.39. The maximum absolute atomic E-state index is 13.6. The Labute approximate surface area is 368 Å². The zero-order valence-electron chi connectivity index (χ0n) is 29.1. The van der Waals surface area contributed by atoms with E-state index < -0.39 is 36.3 Å². The van der Waals surface area contributed by atoms with E-state index in [1.165, 1.54) is 0 Å². The third-order valence-electron chi connectivity index (χ3n) is 7.39. The average Bonchev–Trinajstić information content (AvgIpc) is 2.97. The van der Waals surface area contributed by atoms with Crippen LogP contribution in [0.4, 0.5) is 0 Å². The lowest BCUT2D eigenvalue weighted by atomic mass is 9.59. The fourth-order valence-electron chi connectivity index (χ4n) is 4.01. The fraction of sp³-hybridized carbons (Fsp3) is 0.538. The van der Waals surface area contributed by atoms with Crippen LogP contribution in [0.25, 0.3) is 0 Å². The van der Waals surface area contributed by atoms with Gasteiger partial charge in [-0.3, -0.25) is 14.6 Å². The largest absolute Gasteiger partial charge is 0.476 e. The fourth-order valence-corrected chi connectivity index (χ4v) is 4.01. The molecule has 1 unspecified atom stereocenters. The van der Waals surface area contributed by atoms with E-state index in [0.717, 1.165) is 23.1 Å². The molecule has 9 heteroatoms. The molecule has 3 atom stereocenters. The van der Waals surface area contributed by atoms with Gasteiger partial charge in [-0.25, -0.2) is 4.98 Å². The predicted molar refractivity (Wildman–Crippen MR) is 355 cm³/mol. The van der Waals surface area contributed by atoms with Crippen molar-refractivity contribution < 1.29 is 173 Å². The summed E-state index contributed by atoms with van der Waals surface area (Å²) in [4.78, 5) is 35.0. The van der Waals surface area contributed by atoms with Gasteiger partial charge in [-0.05, 0) is 55.7 Å². The maximum Gasteiger partial charge on any atom is 0.476 e. The van der Waals surface area contributed by atoms with E-state index in [4.69, 9.17) is 10.3 Å². The van der Waals surface area contributed by atoms with E-state index in [1.807, 2.05) is 59.7 Å². The Morgan fingerprint density at radius 2 is 1.89 bits per heavy atom. The van der Waals surface area contributed by atoms with Crippen molar-refractivity contribution >= 4 is 18.9 Å². The molecule has 1 aromatic heterocycles. The van der Waals surface area contributed by atoms with Crippen molar-refractivity contribution in [3.05, 3.63) is 58.1 Å². The van der Waals surface area contributed by atoms with E-state index in [2.05, 4.69) is 20.6 Å². The summed E-state index contributed by atoms with van der Waals surface area (Å²) in [7, 11) is -1.79. The number of hydrogen-bond acceptors (Lipinski definition) is 6. The number of rotatable bonds is 10. The van der Waals surface area contributed by atoms with Crippen LogP contribution in [-0.4, -0.2) is 50.9 Å². The first kappa shape index (κ1) is 22.7. The van der Waals surface area contributed by atoms with Gasteiger partial charge in [0.15, 0.2) is 0 Å². The number of hydrogen-bond donors (Lipinski definition) is 4. The zero-order valence-corrected chi connectivity index (χ0v) is 22.1. The molecule has 2 rings (SSSR count). The van der Waals surface area contributed by atoms with Gasteiger partial charge in [0.25, 0.3) is 5.91 Å². The Morgan fingerprint density at radius 3 is 2.49 bits per heavy atom. The molecule has 396 valence electrons. The molecular formula is C26H245BN4O4. The highest BCUT2D eigenvalue weighted by Crippen LogP contribution is 2.33. The quantitative estimate of drug-likeness (QED) is 0.183. The maximum atomic E-state index is 13.6. The zero-order chi connectivity index (χ0) is 33.4. The second-order valence-corrected chi connectivity index (χ2v) is 9.97. The summed E-state index contributed by atoms with van der Waals surface area (Å²) in [5, 5.41) is 25.8. The molecule has 4 N–H and O–H groups in total. The highest BCUT2D eigenvalue weighted by molar-refractivity contribution is 6.44. The van der Waals surface area contributed by atoms with Crippen LogP contribution in [0.1, 0.15) is 226 Å². The van der Waals surface area contributed by atoms with Gasteiger partial charge in [-0.1, -0.05) is 52.3 Å². The van der Waals surface area contributed by atoms with Gasteiger partial charge in [-0.15, -0.1) is 0 Å². The monoisotopic (exact) mass is 697 g/mol. The van der Waals surface area contributed by atoms with E-state index in [9.17, 15) is 19.6 Å². The number of carbonyl (C=O) groups excluding carboxylic acids is 2. The molecule has 0 aliphatic heterocycles. The molecule has 1 heterocycles. The molecule has 0 radical (unpaired) electrons. The molecule has 1 aromatic carbocycles. The summed E-state index contributed by atoms with van der Waals surface area (Å²) in [6.07, 6.45) is 0.685. The second kappa shape index (κ2) is 11.8. The van der Waals surface area contributed by atoms with E-state index in [0.29, 0.717) is 11.4 Å². The molecule has 0 saturated carbocycles. The minimum atomic E-state index is -1.79. The van der Waals surface area contributed by atoms with E-state index >= 15 is 0 Å². The van der Waals surface area contributed by atoms with Crippen LogP contribution in [0.3, 0.4) is 0 Å². The minimum Gasteiger partial charge on any atom is -0.426 e. The number of aryl methyl sites for hydroxylation is 3. The number of benzene rings is 1. The standard InChI is InChI=1S/C26H39BN4O4.103H2/c1-9-16(3)26(7,8)25(27(34)35)31-23(32)21(13-20-12-10-11-15(2)17(20)4)30-24(33)22-14-28-18(5)19(6)29-22;;;;;;;;;;;;;;;;;;;;;;;;;;;;;;;;;;;;;;;;;;;;;;;;;;;;;;;;;;;;;;;;;;;;;;;;;;;;;;;;;;;;;;;;;;;;;;;;;;;;;;;/h10-12,14,16,21,25,34-35H,9,13H2,1-8H3,(H,30,33)(H,31,32);103*1H/t16?,21-,25-;;;;;;;;;;;;;;;;;;;;;;;;;;;;;;;;;;;;;;;;;;;;;;;;;;;;;;;;;;;;;;;;;;;;;;;;;;;;;;;;;;;;;;;;;;;;;;;;;;;;;;;/m0......................................................................................................./s1/i14D;3*1+1D;;;;;;;;;;;;;;;;;;;;;;;;;;;;;;;;;;;;;;;;;;;;;;;;;;;;;;;;;;;;;;;;;;;;;;;;;;;;;;;;;;;;;;;;;;;;;;;;;;;;. The number of aromatic nitrogens is 2. The summed E-state index contributed by atoms with van der Waals surface area (Å²) in [6, 6.07) is 4.70. The van der Waals surface area contributed by atoms with Crippen LogP contribution in [-0.2, 0) is 11.2 Å². The first-order valence-corrected chi connectivity index (χ1v) is 12.0. The number of amides is 2. The van der Waals surface area contributed by atoms with Gasteiger partial charge < -0.3 is 20.7 Å². The molecular weight excluding hydrogens is 443 g/mol. The Morgan fingerprint density at radius 1 is 1.23 bits per heavy atom. The van der Waals surface area contributed by atoms with Gasteiger partial charge in [0.05, 0.1) is 24.9 Å². The summed E-state index contributed by atoms with van der Waals surface area (Å²) in [6.45, 7) is 15.1. The van der Waals surface area contributed by atoms with Crippen molar-refractivity contribution in [3.63, 3.8) is 0 Å². The molecule has 35 heavy (non-hydrogen) atoms. The van der Waals surface area contributed by atoms with Gasteiger partial charge in [0, 0.05) is 158 Å². The number of carbonyl (C=O) groups is 2. The van der Waals surface area contributed by atoms with Crippen molar-refractivity contribution in [1.82, 2.24) is 20.6 Å². The lowest BCUT2D eigenvalue weighted by Crippen LogP contribution is -2.60. The topological polar surface area (TPSA) is 124 Å². The molecule has 2 aromatic rings. The number of nitrogens with one attached hydrogen (secondary N) is 2. The Balaban J connectivity index is -0.00000000148. The molecule has 0 saturated heterocycles. The summed E-state index contributed by atoms with van der Waals surface area (Å²) in [5.74, 6) is -2.13. The highest BCUT2D eigenvalue weighted by Gasteiger charge is 2.43. The summed E-state index contributed by atoms with van der Waals surface area (Å²) in [5.41, 5.74) is 3.17. The molecule has 0 aliphatic carbocycles. The van der Waals surface area contributed by atoms with Gasteiger partial charge in [0.1, 0.15) is 11.7 Å². The highest BCUT2D eigenvalue weighted by atomic mass is 16.4. The second-order valence-electron chi connectivity index (χ2n) is 9.97. The summed E-state index contributed by atoms with van der Waals surface area (Å²) < 4.78 is 38.1. The van der Waals surface area contributed by atoms with Gasteiger partial charge in [-0.2, -0.15) is 0 Å². The third kappa shape index (κ3) is 6.89. The predicted octanol–water partition coefficient (Wildman–Crippen LogP) is 28.0. The Kier molecular flexibility index (Phi) is 7.63. The molecule has 0 spiro atoms. The van der Waals surface area contributed by atoms with Crippen LogP contribution < -0.4 is 10.6 Å². The first-order chi connectivity index (χ1) is 19.7. The lowest BCUT2D eigenvalue weighted by Gasteiger charge is -2.39. The van der Waals surface area contributed by atoms with Crippen LogP contribution >= 0.6 is 0 Å². The molecule has 0 bridgehead atoms. The van der Waals surface area contributed by atoms with Crippen LogP contribution in [0.15, 0.2) is 24.4 Å².